The number of benzene rings is 2. The average Bonchev–Trinajstić information content (AvgIpc) is 2.69. The fraction of sp³-hybridized carbons (Fsp3) is 0.391. The van der Waals surface area contributed by atoms with Crippen LogP contribution in [0.15, 0.2) is 36.4 Å². The Morgan fingerprint density at radius 1 is 0.966 bits per heavy atom. The molecule has 0 spiro atoms. The number of carbonyl (C=O) groups excluding carboxylic acids is 2. The van der Waals surface area contributed by atoms with E-state index in [1.807, 2.05) is 25.1 Å². The molecule has 2 aromatic carbocycles. The van der Waals surface area contributed by atoms with Gasteiger partial charge in [0.05, 0.1) is 0 Å². The predicted octanol–water partition coefficient (Wildman–Crippen LogP) is 4.49. The van der Waals surface area contributed by atoms with E-state index in [1.165, 1.54) is 0 Å². The van der Waals surface area contributed by atoms with Crippen molar-refractivity contribution in [2.24, 2.45) is 5.41 Å². The van der Waals surface area contributed by atoms with Crippen molar-refractivity contribution in [2.45, 2.75) is 40.5 Å². The van der Waals surface area contributed by atoms with Crippen LogP contribution in [0, 0.1) is 12.3 Å². The molecule has 1 aliphatic rings. The van der Waals surface area contributed by atoms with Crippen LogP contribution >= 0.6 is 0 Å². The van der Waals surface area contributed by atoms with E-state index in [2.05, 4.69) is 24.5 Å². The maximum atomic E-state index is 13.0. The van der Waals surface area contributed by atoms with Crippen LogP contribution in [0.4, 0.5) is 11.4 Å². The maximum absolute atomic E-state index is 13.0. The summed E-state index contributed by atoms with van der Waals surface area (Å²) in [7, 11) is 0. The summed E-state index contributed by atoms with van der Waals surface area (Å²) < 4.78 is 11.0. The van der Waals surface area contributed by atoms with E-state index in [1.54, 1.807) is 32.0 Å². The molecule has 154 valence electrons. The first kappa shape index (κ1) is 20.7. The van der Waals surface area contributed by atoms with Crippen molar-refractivity contribution in [1.29, 1.82) is 0 Å². The molecule has 3 rings (SSSR count). The van der Waals surface area contributed by atoms with Gasteiger partial charge in [0.2, 0.25) is 11.8 Å². The van der Waals surface area contributed by atoms with E-state index < -0.39 is 11.3 Å². The van der Waals surface area contributed by atoms with Gasteiger partial charge in [-0.3, -0.25) is 9.59 Å². The zero-order chi connectivity index (χ0) is 21.2. The zero-order valence-electron chi connectivity index (χ0n) is 17.6. The summed E-state index contributed by atoms with van der Waals surface area (Å²) in [6.45, 7) is 10.3. The van der Waals surface area contributed by atoms with Crippen molar-refractivity contribution in [2.75, 3.05) is 23.8 Å². The standard InChI is InChI=1S/C23H28N2O4/c1-14(2)17-8-6-7-15(3)20(17)25-22(27)23(4,5)21(26)24-16-9-10-18-19(13-16)29-12-11-28-18/h6-10,13-14H,11-12H2,1-5H3,(H,24,26)(H,25,27). The van der Waals surface area contributed by atoms with Gasteiger partial charge in [0.1, 0.15) is 18.6 Å². The molecule has 2 N–H and O–H groups in total. The largest absolute Gasteiger partial charge is 0.486 e. The third-order valence-electron chi connectivity index (χ3n) is 5.10. The summed E-state index contributed by atoms with van der Waals surface area (Å²) >= 11 is 0. The first-order chi connectivity index (χ1) is 13.7. The van der Waals surface area contributed by atoms with E-state index >= 15 is 0 Å². The molecule has 0 unspecified atom stereocenters. The van der Waals surface area contributed by atoms with Gasteiger partial charge in [0.25, 0.3) is 0 Å². The molecule has 0 radical (unpaired) electrons. The monoisotopic (exact) mass is 396 g/mol. The molecule has 6 heteroatoms. The van der Waals surface area contributed by atoms with Crippen molar-refractivity contribution in [3.05, 3.63) is 47.5 Å². The molecule has 0 fully saturated rings. The molecule has 6 nitrogen and oxygen atoms in total. The first-order valence-corrected chi connectivity index (χ1v) is 9.82. The van der Waals surface area contributed by atoms with Crippen LogP contribution in [0.1, 0.15) is 44.7 Å². The summed E-state index contributed by atoms with van der Waals surface area (Å²) in [6, 6.07) is 11.1. The molecular weight excluding hydrogens is 368 g/mol. The maximum Gasteiger partial charge on any atom is 0.239 e. The van der Waals surface area contributed by atoms with Gasteiger partial charge in [0, 0.05) is 17.4 Å². The lowest BCUT2D eigenvalue weighted by atomic mass is 9.90. The second kappa shape index (κ2) is 8.15. The summed E-state index contributed by atoms with van der Waals surface area (Å²) in [5.41, 5.74) is 2.06. The third kappa shape index (κ3) is 4.36. The van der Waals surface area contributed by atoms with Gasteiger partial charge in [-0.05, 0) is 49.9 Å². The lowest BCUT2D eigenvalue weighted by molar-refractivity contribution is -0.135. The number of hydrogen-bond acceptors (Lipinski definition) is 4. The van der Waals surface area contributed by atoms with Crippen LogP contribution in [-0.2, 0) is 9.59 Å². The number of aryl methyl sites for hydroxylation is 1. The SMILES string of the molecule is Cc1cccc(C(C)C)c1NC(=O)C(C)(C)C(=O)Nc1ccc2c(c1)OCCO2. The van der Waals surface area contributed by atoms with Crippen molar-refractivity contribution < 1.29 is 19.1 Å². The molecule has 1 heterocycles. The van der Waals surface area contributed by atoms with Crippen LogP contribution < -0.4 is 20.1 Å². The molecular formula is C23H28N2O4. The normalized spacial score (nSPS) is 13.2. The number of anilines is 2. The number of para-hydroxylation sites is 1. The van der Waals surface area contributed by atoms with Gasteiger partial charge >= 0.3 is 0 Å². The van der Waals surface area contributed by atoms with Gasteiger partial charge in [-0.1, -0.05) is 32.0 Å². The van der Waals surface area contributed by atoms with Crippen molar-refractivity contribution in [1.82, 2.24) is 0 Å². The van der Waals surface area contributed by atoms with E-state index in [-0.39, 0.29) is 11.8 Å². The Morgan fingerprint density at radius 2 is 1.62 bits per heavy atom. The summed E-state index contributed by atoms with van der Waals surface area (Å²) in [6.07, 6.45) is 0. The minimum Gasteiger partial charge on any atom is -0.486 e. The topological polar surface area (TPSA) is 76.7 Å². The van der Waals surface area contributed by atoms with E-state index in [4.69, 9.17) is 9.47 Å². The van der Waals surface area contributed by atoms with Gasteiger partial charge in [0.15, 0.2) is 11.5 Å². The van der Waals surface area contributed by atoms with Crippen LogP contribution in [-0.4, -0.2) is 25.0 Å². The number of ether oxygens (including phenoxy) is 2. The average molecular weight is 396 g/mol. The van der Waals surface area contributed by atoms with E-state index in [0.29, 0.717) is 30.4 Å². The number of rotatable bonds is 5. The lowest BCUT2D eigenvalue weighted by Gasteiger charge is -2.25. The van der Waals surface area contributed by atoms with Crippen LogP contribution in [0.5, 0.6) is 11.5 Å². The van der Waals surface area contributed by atoms with Crippen molar-refractivity contribution >= 4 is 23.2 Å². The number of nitrogens with one attached hydrogen (secondary N) is 2. The smallest absolute Gasteiger partial charge is 0.239 e. The van der Waals surface area contributed by atoms with Gasteiger partial charge in [-0.25, -0.2) is 0 Å². The zero-order valence-corrected chi connectivity index (χ0v) is 17.6. The van der Waals surface area contributed by atoms with Crippen LogP contribution in [0.25, 0.3) is 0 Å². The van der Waals surface area contributed by atoms with Gasteiger partial charge in [-0.15, -0.1) is 0 Å². The van der Waals surface area contributed by atoms with Crippen LogP contribution in [0.3, 0.4) is 0 Å². The molecule has 2 amide bonds. The Bertz CT molecular complexity index is 934. The summed E-state index contributed by atoms with van der Waals surface area (Å²) in [5, 5.41) is 5.79. The van der Waals surface area contributed by atoms with Gasteiger partial charge in [-0.2, -0.15) is 0 Å². The Labute approximate surface area is 171 Å². The van der Waals surface area contributed by atoms with Crippen LogP contribution in [0.2, 0.25) is 0 Å². The molecule has 0 saturated heterocycles. The van der Waals surface area contributed by atoms with Gasteiger partial charge < -0.3 is 20.1 Å². The molecule has 0 aliphatic carbocycles. The second-order valence-corrected chi connectivity index (χ2v) is 8.09. The molecule has 2 aromatic rings. The molecule has 0 saturated carbocycles. The third-order valence-corrected chi connectivity index (χ3v) is 5.10. The minimum absolute atomic E-state index is 0.250. The van der Waals surface area contributed by atoms with Crippen molar-refractivity contribution in [3.63, 3.8) is 0 Å². The molecule has 1 aliphatic heterocycles. The van der Waals surface area contributed by atoms with E-state index in [9.17, 15) is 9.59 Å². The number of amides is 2. The Hall–Kier alpha value is -3.02. The molecule has 0 atom stereocenters. The number of carbonyl (C=O) groups is 2. The molecule has 0 aromatic heterocycles. The fourth-order valence-corrected chi connectivity index (χ4v) is 3.12. The highest BCUT2D eigenvalue weighted by molar-refractivity contribution is 6.14. The Kier molecular flexibility index (Phi) is 5.82. The quantitative estimate of drug-likeness (QED) is 0.730. The number of hydrogen-bond donors (Lipinski definition) is 2. The highest BCUT2D eigenvalue weighted by atomic mass is 16.6. The lowest BCUT2D eigenvalue weighted by Crippen LogP contribution is -2.42. The highest BCUT2D eigenvalue weighted by Crippen LogP contribution is 2.34. The molecule has 0 bridgehead atoms. The summed E-state index contributed by atoms with van der Waals surface area (Å²) in [4.78, 5) is 25.9. The first-order valence-electron chi connectivity index (χ1n) is 9.82. The summed E-state index contributed by atoms with van der Waals surface area (Å²) in [5.74, 6) is 0.722. The number of fused-ring (bicyclic) bond motifs is 1. The van der Waals surface area contributed by atoms with Crippen molar-refractivity contribution in [3.8, 4) is 11.5 Å². The minimum atomic E-state index is -1.27. The predicted molar refractivity (Wildman–Crippen MR) is 114 cm³/mol. The fourth-order valence-electron chi connectivity index (χ4n) is 3.12. The second-order valence-electron chi connectivity index (χ2n) is 8.09. The highest BCUT2D eigenvalue weighted by Gasteiger charge is 2.37. The molecule has 29 heavy (non-hydrogen) atoms. The Balaban J connectivity index is 1.76. The Morgan fingerprint density at radius 3 is 2.31 bits per heavy atom. The van der Waals surface area contributed by atoms with E-state index in [0.717, 1.165) is 16.8 Å².